The molecule has 0 radical (unpaired) electrons. The largest absolute Gasteiger partial charge is 0.493 e. The molecule has 1 aromatic rings. The standard InChI is InChI=1S/C14H16N2O4S/c1-8-6-12(17)16-14(15-8)21-13(18)9-4-5-10(19-2)11(7-9)20-3/h4-5,7-8H,6H2,1-3H3,(H,15,16,17)/t8-/m0/s1. The monoisotopic (exact) mass is 308 g/mol. The van der Waals surface area contributed by atoms with Crippen LogP contribution in [0, 0.1) is 0 Å². The second kappa shape index (κ2) is 6.62. The summed E-state index contributed by atoms with van der Waals surface area (Å²) >= 11 is 0.897. The van der Waals surface area contributed by atoms with Crippen LogP contribution in [0.5, 0.6) is 11.5 Å². The first-order valence-corrected chi connectivity index (χ1v) is 7.17. The lowest BCUT2D eigenvalue weighted by atomic mass is 10.2. The summed E-state index contributed by atoms with van der Waals surface area (Å²) in [7, 11) is 3.04. The Morgan fingerprint density at radius 3 is 2.67 bits per heavy atom. The number of nitrogens with zero attached hydrogens (tertiary/aromatic N) is 1. The molecule has 0 fully saturated rings. The fourth-order valence-electron chi connectivity index (χ4n) is 1.88. The minimum atomic E-state index is -0.218. The lowest BCUT2D eigenvalue weighted by Gasteiger charge is -2.16. The van der Waals surface area contributed by atoms with Crippen molar-refractivity contribution >= 4 is 28.0 Å². The molecule has 0 aliphatic carbocycles. The Kier molecular flexibility index (Phi) is 4.85. The van der Waals surface area contributed by atoms with Crippen molar-refractivity contribution in [2.45, 2.75) is 19.4 Å². The van der Waals surface area contributed by atoms with Crippen LogP contribution in [-0.2, 0) is 4.79 Å². The van der Waals surface area contributed by atoms with Gasteiger partial charge in [-0.05, 0) is 36.9 Å². The molecule has 112 valence electrons. The van der Waals surface area contributed by atoms with Gasteiger partial charge in [0.1, 0.15) is 0 Å². The zero-order chi connectivity index (χ0) is 15.4. The number of rotatable bonds is 3. The number of methoxy groups -OCH3 is 2. The Hall–Kier alpha value is -2.02. The van der Waals surface area contributed by atoms with Gasteiger partial charge in [0.15, 0.2) is 16.7 Å². The topological polar surface area (TPSA) is 77.0 Å². The predicted molar refractivity (Wildman–Crippen MR) is 81.1 cm³/mol. The van der Waals surface area contributed by atoms with Crippen LogP contribution in [0.4, 0.5) is 0 Å². The summed E-state index contributed by atoms with van der Waals surface area (Å²) in [6.07, 6.45) is 0.342. The van der Waals surface area contributed by atoms with Crippen LogP contribution >= 0.6 is 11.8 Å². The molecule has 1 atom stereocenters. The molecule has 1 N–H and O–H groups in total. The van der Waals surface area contributed by atoms with Gasteiger partial charge in [0.2, 0.25) is 11.0 Å². The highest BCUT2D eigenvalue weighted by Gasteiger charge is 2.21. The molecule has 0 unspecified atom stereocenters. The molecule has 0 saturated carbocycles. The molecule has 1 amide bonds. The maximum atomic E-state index is 12.2. The van der Waals surface area contributed by atoms with E-state index in [9.17, 15) is 9.59 Å². The van der Waals surface area contributed by atoms with Gasteiger partial charge in [-0.2, -0.15) is 0 Å². The molecule has 7 heteroatoms. The molecule has 2 rings (SSSR count). The number of thioether (sulfide) groups is 1. The van der Waals surface area contributed by atoms with E-state index in [-0.39, 0.29) is 17.1 Å². The highest BCUT2D eigenvalue weighted by atomic mass is 32.2. The number of amides is 1. The van der Waals surface area contributed by atoms with Crippen LogP contribution in [-0.4, -0.2) is 36.5 Å². The van der Waals surface area contributed by atoms with E-state index in [1.54, 1.807) is 18.2 Å². The first kappa shape index (κ1) is 15.4. The fourth-order valence-corrected chi connectivity index (χ4v) is 2.70. The van der Waals surface area contributed by atoms with E-state index < -0.39 is 0 Å². The average molecular weight is 308 g/mol. The van der Waals surface area contributed by atoms with Gasteiger partial charge in [-0.3, -0.25) is 14.6 Å². The van der Waals surface area contributed by atoms with E-state index in [4.69, 9.17) is 9.47 Å². The normalized spacial score (nSPS) is 17.8. The number of nitrogens with one attached hydrogen (secondary N) is 1. The Morgan fingerprint density at radius 1 is 1.33 bits per heavy atom. The quantitative estimate of drug-likeness (QED) is 0.922. The van der Waals surface area contributed by atoms with Crippen molar-refractivity contribution in [1.29, 1.82) is 0 Å². The third-order valence-electron chi connectivity index (χ3n) is 2.87. The molecule has 0 saturated heterocycles. The molecule has 1 aliphatic rings. The number of hydrogen-bond acceptors (Lipinski definition) is 6. The third kappa shape index (κ3) is 3.75. The molecule has 0 spiro atoms. The lowest BCUT2D eigenvalue weighted by Crippen LogP contribution is -2.36. The first-order valence-electron chi connectivity index (χ1n) is 6.35. The summed E-state index contributed by atoms with van der Waals surface area (Å²) in [4.78, 5) is 27.9. The second-order valence-electron chi connectivity index (χ2n) is 4.49. The van der Waals surface area contributed by atoms with Gasteiger partial charge in [0.05, 0.1) is 20.3 Å². The average Bonchev–Trinajstić information content (AvgIpc) is 2.45. The number of benzene rings is 1. The van der Waals surface area contributed by atoms with Gasteiger partial charge < -0.3 is 14.8 Å². The molecular weight excluding hydrogens is 292 g/mol. The van der Waals surface area contributed by atoms with Crippen LogP contribution in [0.1, 0.15) is 23.7 Å². The molecule has 1 aliphatic heterocycles. The summed E-state index contributed by atoms with van der Waals surface area (Å²) in [5.74, 6) is 0.906. The van der Waals surface area contributed by atoms with Crippen molar-refractivity contribution in [3.05, 3.63) is 23.8 Å². The van der Waals surface area contributed by atoms with E-state index in [0.717, 1.165) is 11.8 Å². The highest BCUT2D eigenvalue weighted by Crippen LogP contribution is 2.29. The number of ether oxygens (including phenoxy) is 2. The minimum absolute atomic E-state index is 0.112. The summed E-state index contributed by atoms with van der Waals surface area (Å²) in [5.41, 5.74) is 0.452. The third-order valence-corrected chi connectivity index (χ3v) is 3.70. The van der Waals surface area contributed by atoms with E-state index in [2.05, 4.69) is 10.3 Å². The van der Waals surface area contributed by atoms with Crippen LogP contribution in [0.2, 0.25) is 0 Å². The molecule has 1 heterocycles. The first-order chi connectivity index (χ1) is 10.0. The summed E-state index contributed by atoms with van der Waals surface area (Å²) < 4.78 is 10.3. The van der Waals surface area contributed by atoms with Gasteiger partial charge in [0, 0.05) is 12.0 Å². The molecular formula is C14H16N2O4S. The van der Waals surface area contributed by atoms with Crippen LogP contribution in [0.25, 0.3) is 0 Å². The van der Waals surface area contributed by atoms with E-state index in [0.29, 0.717) is 28.7 Å². The van der Waals surface area contributed by atoms with Crippen LogP contribution < -0.4 is 14.8 Å². The number of amidine groups is 1. The van der Waals surface area contributed by atoms with Crippen LogP contribution in [0.3, 0.4) is 0 Å². The predicted octanol–water partition coefficient (Wildman–Crippen LogP) is 1.84. The second-order valence-corrected chi connectivity index (χ2v) is 5.46. The smallest absolute Gasteiger partial charge is 0.228 e. The molecule has 21 heavy (non-hydrogen) atoms. The Morgan fingerprint density at radius 2 is 2.05 bits per heavy atom. The SMILES string of the molecule is COc1ccc(C(=O)SC2=N[C@@H](C)CC(=O)N2)cc1OC. The maximum absolute atomic E-state index is 12.2. The summed E-state index contributed by atoms with van der Waals surface area (Å²) in [5, 5.41) is 2.71. The number of carbonyl (C=O) groups is 2. The van der Waals surface area contributed by atoms with Crippen molar-refractivity contribution in [2.75, 3.05) is 14.2 Å². The molecule has 6 nitrogen and oxygen atoms in total. The van der Waals surface area contributed by atoms with Gasteiger partial charge in [-0.1, -0.05) is 0 Å². The Labute approximate surface area is 126 Å². The van der Waals surface area contributed by atoms with E-state index >= 15 is 0 Å². The number of carbonyl (C=O) groups excluding carboxylic acids is 2. The van der Waals surface area contributed by atoms with Crippen LogP contribution in [0.15, 0.2) is 23.2 Å². The lowest BCUT2D eigenvalue weighted by molar-refractivity contribution is -0.120. The van der Waals surface area contributed by atoms with Crippen molar-refractivity contribution in [2.24, 2.45) is 4.99 Å². The van der Waals surface area contributed by atoms with E-state index in [1.807, 2.05) is 6.92 Å². The zero-order valence-electron chi connectivity index (χ0n) is 12.0. The van der Waals surface area contributed by atoms with Crippen molar-refractivity contribution in [1.82, 2.24) is 5.32 Å². The van der Waals surface area contributed by atoms with E-state index in [1.165, 1.54) is 14.2 Å². The summed E-state index contributed by atoms with van der Waals surface area (Å²) in [6, 6.07) is 4.80. The minimum Gasteiger partial charge on any atom is -0.493 e. The van der Waals surface area contributed by atoms with Crippen molar-refractivity contribution in [3.8, 4) is 11.5 Å². The molecule has 1 aromatic carbocycles. The van der Waals surface area contributed by atoms with Gasteiger partial charge >= 0.3 is 0 Å². The Balaban J connectivity index is 2.15. The fraction of sp³-hybridized carbons (Fsp3) is 0.357. The van der Waals surface area contributed by atoms with Gasteiger partial charge in [-0.25, -0.2) is 0 Å². The highest BCUT2D eigenvalue weighted by molar-refractivity contribution is 8.26. The maximum Gasteiger partial charge on any atom is 0.228 e. The van der Waals surface area contributed by atoms with Gasteiger partial charge in [-0.15, -0.1) is 0 Å². The van der Waals surface area contributed by atoms with Crippen molar-refractivity contribution in [3.63, 3.8) is 0 Å². The number of aliphatic imine (C=N–C) groups is 1. The summed E-state index contributed by atoms with van der Waals surface area (Å²) in [6.45, 7) is 1.83. The zero-order valence-corrected chi connectivity index (χ0v) is 12.8. The number of hydrogen-bond donors (Lipinski definition) is 1. The van der Waals surface area contributed by atoms with Gasteiger partial charge in [0.25, 0.3) is 0 Å². The van der Waals surface area contributed by atoms with Crippen molar-refractivity contribution < 1.29 is 19.1 Å². The Bertz CT molecular complexity index is 601. The molecule has 0 bridgehead atoms. The molecule has 0 aromatic heterocycles.